The van der Waals surface area contributed by atoms with E-state index in [-0.39, 0.29) is 6.61 Å². The second-order valence-corrected chi connectivity index (χ2v) is 49.3. The molecule has 0 fully saturated rings. The van der Waals surface area contributed by atoms with Crippen LogP contribution in [-0.4, -0.2) is 53.8 Å². The molecule has 0 bridgehead atoms. The smallest absolute Gasteiger partial charge is 0.179 e. The molecule has 0 radical (unpaired) electrons. The maximum atomic E-state index is 8.87. The van der Waals surface area contributed by atoms with Crippen LogP contribution in [0.15, 0.2) is 4.99 Å². The maximum absolute atomic E-state index is 8.87. The molecule has 0 saturated heterocycles. The van der Waals surface area contributed by atoms with Gasteiger partial charge in [-0.25, -0.2) is 0 Å². The topological polar surface area (TPSA) is 70.6 Å². The number of aliphatic imine (C=N–C) groups is 1. The van der Waals surface area contributed by atoms with Crippen molar-refractivity contribution in [2.24, 2.45) is 10.7 Å². The summed E-state index contributed by atoms with van der Waals surface area (Å²) in [4.78, 5) is 8.48. The molecule has 8 heteroatoms. The number of nitrogens with zero attached hydrogens (tertiary/aromatic N) is 1. The van der Waals surface area contributed by atoms with Crippen LogP contribution in [0.5, 0.6) is 0 Å². The first kappa shape index (κ1) is 22.1. The molecule has 0 aromatic carbocycles. The number of nitrogens with one attached hydrogen (secondary N) is 1. The van der Waals surface area contributed by atoms with Crippen LogP contribution in [-0.2, 0) is 0 Å². The molecule has 0 amide bonds. The van der Waals surface area contributed by atoms with Gasteiger partial charge in [-0.15, -0.1) is 0 Å². The van der Waals surface area contributed by atoms with Crippen LogP contribution >= 0.6 is 0 Å². The number of hydrogen-bond donors (Lipinski definition) is 3. The lowest BCUT2D eigenvalue weighted by Crippen LogP contribution is -2.90. The summed E-state index contributed by atoms with van der Waals surface area (Å²) in [5, 5.41) is 8.87. The van der Waals surface area contributed by atoms with Gasteiger partial charge in [0.05, 0.1) is 22.8 Å². The Morgan fingerprint density at radius 2 is 1.27 bits per heavy atom. The highest BCUT2D eigenvalue weighted by molar-refractivity contribution is 7.88. The van der Waals surface area contributed by atoms with E-state index in [1.54, 1.807) is 0 Å². The van der Waals surface area contributed by atoms with Gasteiger partial charge >= 0.3 is 0 Å². The second-order valence-electron chi connectivity index (χ2n) is 9.32. The average Bonchev–Trinajstić information content (AvgIpc) is 2.26. The zero-order chi connectivity index (χ0) is 17.8. The van der Waals surface area contributed by atoms with E-state index < -0.39 is 29.6 Å². The first-order chi connectivity index (χ1) is 9.70. The predicted octanol–water partition coefficient (Wildman–Crippen LogP) is 2.86. The first-order valence-corrected chi connectivity index (χ1v) is 23.9. The highest BCUT2D eigenvalue weighted by Crippen LogP contribution is 2.34. The standard InChI is InChI=1S/C14H39N3OSi4/c1-19(2,3)22(20(4,5)6,21(7,8)9)17-14(15)16-12-10-11-13-18/h18H,10-13H2,1-9H3,(H3,15,16,17). The van der Waals surface area contributed by atoms with Crippen LogP contribution in [0.1, 0.15) is 12.8 Å². The molecule has 0 unspecified atom stereocenters. The van der Waals surface area contributed by atoms with Crippen LogP contribution in [0.25, 0.3) is 0 Å². The molecule has 0 rings (SSSR count). The Labute approximate surface area is 141 Å². The zero-order valence-electron chi connectivity index (χ0n) is 16.3. The van der Waals surface area contributed by atoms with E-state index in [1.165, 1.54) is 0 Å². The lowest BCUT2D eigenvalue weighted by Gasteiger charge is -2.57. The van der Waals surface area contributed by atoms with E-state index in [1.807, 2.05) is 0 Å². The third kappa shape index (κ3) is 5.05. The highest BCUT2D eigenvalue weighted by Gasteiger charge is 2.62. The molecule has 0 spiro atoms. The molecule has 22 heavy (non-hydrogen) atoms. The van der Waals surface area contributed by atoms with Crippen molar-refractivity contribution in [1.82, 2.24) is 4.98 Å². The number of rotatable bonds is 8. The predicted molar refractivity (Wildman–Crippen MR) is 112 cm³/mol. The van der Waals surface area contributed by atoms with Gasteiger partial charge in [0.15, 0.2) is 5.96 Å². The normalized spacial score (nSPS) is 15.1. The van der Waals surface area contributed by atoms with Crippen LogP contribution in [0, 0.1) is 0 Å². The largest absolute Gasteiger partial charge is 0.396 e. The van der Waals surface area contributed by atoms with E-state index >= 15 is 0 Å². The average molecular weight is 378 g/mol. The molecule has 0 heterocycles. The van der Waals surface area contributed by atoms with Gasteiger partial charge in [-0.3, -0.25) is 4.99 Å². The molecular weight excluding hydrogens is 339 g/mol. The summed E-state index contributed by atoms with van der Waals surface area (Å²) in [5.74, 6) is 0.664. The Hall–Kier alpha value is 0.0975. The molecule has 0 aromatic rings. The van der Waals surface area contributed by atoms with Crippen molar-refractivity contribution in [2.75, 3.05) is 13.2 Å². The number of aliphatic hydroxyl groups is 1. The lowest BCUT2D eigenvalue weighted by molar-refractivity contribution is 0.285. The van der Waals surface area contributed by atoms with E-state index in [0.717, 1.165) is 12.8 Å². The van der Waals surface area contributed by atoms with Crippen LogP contribution in [0.4, 0.5) is 0 Å². The number of unbranched alkanes of at least 4 members (excludes halogenated alkanes) is 1. The van der Waals surface area contributed by atoms with Gasteiger partial charge in [-0.1, -0.05) is 58.9 Å². The van der Waals surface area contributed by atoms with Gasteiger partial charge in [0.25, 0.3) is 0 Å². The molecule has 0 aromatic heterocycles. The van der Waals surface area contributed by atoms with Gasteiger partial charge < -0.3 is 15.8 Å². The fourth-order valence-corrected chi connectivity index (χ4v) is 98.5. The van der Waals surface area contributed by atoms with Crippen molar-refractivity contribution in [3.63, 3.8) is 0 Å². The zero-order valence-corrected chi connectivity index (χ0v) is 20.3. The van der Waals surface area contributed by atoms with Crippen molar-refractivity contribution in [3.05, 3.63) is 0 Å². The fraction of sp³-hybridized carbons (Fsp3) is 0.929. The van der Waals surface area contributed by atoms with Crippen LogP contribution in [0.3, 0.4) is 0 Å². The molecule has 4 nitrogen and oxygen atoms in total. The highest BCUT2D eigenvalue weighted by atomic mass is 29.9. The summed E-state index contributed by atoms with van der Waals surface area (Å²) in [7, 11) is -4.12. The molecule has 132 valence electrons. The molecule has 0 aliphatic rings. The van der Waals surface area contributed by atoms with Gasteiger partial charge in [0.1, 0.15) is 6.79 Å². The molecule has 0 aliphatic carbocycles. The van der Waals surface area contributed by atoms with Gasteiger partial charge in [0.2, 0.25) is 0 Å². The Kier molecular flexibility index (Phi) is 7.81. The fourth-order valence-electron chi connectivity index (χ4n) is 4.59. The first-order valence-electron chi connectivity index (χ1n) is 8.39. The summed E-state index contributed by atoms with van der Waals surface area (Å²) in [6, 6.07) is 0. The summed E-state index contributed by atoms with van der Waals surface area (Å²) < 4.78 is 0. The van der Waals surface area contributed by atoms with E-state index in [0.29, 0.717) is 12.5 Å². The van der Waals surface area contributed by atoms with Crippen LogP contribution < -0.4 is 10.7 Å². The number of nitrogens with two attached hydrogens (primary N) is 1. The van der Waals surface area contributed by atoms with Gasteiger partial charge in [-0.05, 0) is 12.8 Å². The Morgan fingerprint density at radius 1 is 0.864 bits per heavy atom. The Morgan fingerprint density at radius 3 is 1.59 bits per heavy atom. The lowest BCUT2D eigenvalue weighted by atomic mass is 10.3. The second kappa shape index (κ2) is 7.78. The minimum absolute atomic E-state index is 0.236. The van der Waals surface area contributed by atoms with Gasteiger partial charge in [-0.2, -0.15) is 0 Å². The summed E-state index contributed by atoms with van der Waals surface area (Å²) in [6.45, 7) is 22.0. The minimum Gasteiger partial charge on any atom is -0.396 e. The van der Waals surface area contributed by atoms with Crippen molar-refractivity contribution >= 4 is 35.5 Å². The van der Waals surface area contributed by atoms with Crippen molar-refractivity contribution in [1.29, 1.82) is 0 Å². The molecule has 0 saturated carbocycles. The molecule has 0 atom stereocenters. The van der Waals surface area contributed by atoms with Crippen LogP contribution in [0.2, 0.25) is 58.9 Å². The number of guanidine groups is 1. The van der Waals surface area contributed by atoms with E-state index in [9.17, 15) is 0 Å². The quantitative estimate of drug-likeness (QED) is 0.264. The van der Waals surface area contributed by atoms with E-state index in [2.05, 4.69) is 68.9 Å². The number of aliphatic hydroxyl groups excluding tert-OH is 1. The summed E-state index contributed by atoms with van der Waals surface area (Å²) >= 11 is 0. The minimum atomic E-state index is -1.67. The van der Waals surface area contributed by atoms with E-state index in [4.69, 9.17) is 10.8 Å². The third-order valence-electron chi connectivity index (χ3n) is 4.54. The Balaban J connectivity index is 5.62. The molecule has 4 N–H and O–H groups in total. The van der Waals surface area contributed by atoms with Gasteiger partial charge in [0, 0.05) is 13.2 Å². The monoisotopic (exact) mass is 377 g/mol. The third-order valence-corrected chi connectivity index (χ3v) is 73.8. The number of hydrogen-bond acceptors (Lipinski definition) is 2. The van der Waals surface area contributed by atoms with Crippen molar-refractivity contribution in [3.8, 4) is 0 Å². The molecular formula is C14H39N3OSi4. The summed E-state index contributed by atoms with van der Waals surface area (Å²) in [5.41, 5.74) is 6.31. The maximum Gasteiger partial charge on any atom is 0.179 e. The SMILES string of the molecule is C[Si](C)(C)[Si](NC(N)=NCCCCO)([Si](C)(C)C)[Si](C)(C)C. The van der Waals surface area contributed by atoms with Crippen molar-refractivity contribution < 1.29 is 5.11 Å². The Bertz CT molecular complexity index is 345. The van der Waals surface area contributed by atoms with Crippen molar-refractivity contribution in [2.45, 2.75) is 71.8 Å². The molecule has 0 aliphatic heterocycles. The summed E-state index contributed by atoms with van der Waals surface area (Å²) in [6.07, 6.45) is 1.70.